The van der Waals surface area contributed by atoms with E-state index in [0.29, 0.717) is 29.1 Å². The molecule has 0 saturated carbocycles. The molecule has 1 N–H and O–H groups in total. The van der Waals surface area contributed by atoms with Crippen LogP contribution in [0.4, 0.5) is 10.3 Å². The van der Waals surface area contributed by atoms with E-state index in [1.165, 1.54) is 0 Å². The van der Waals surface area contributed by atoms with Crippen LogP contribution >= 0.6 is 15.9 Å². The van der Waals surface area contributed by atoms with Gasteiger partial charge in [-0.05, 0) is 41.9 Å². The van der Waals surface area contributed by atoms with Crippen LogP contribution in [0.1, 0.15) is 13.8 Å². The van der Waals surface area contributed by atoms with Crippen LogP contribution in [0.3, 0.4) is 0 Å². The highest BCUT2D eigenvalue weighted by Crippen LogP contribution is 2.26. The van der Waals surface area contributed by atoms with Gasteiger partial charge in [0.15, 0.2) is 5.82 Å². The summed E-state index contributed by atoms with van der Waals surface area (Å²) in [6.45, 7) is 4.82. The van der Waals surface area contributed by atoms with Crippen LogP contribution in [-0.2, 0) is 0 Å². The Hall–Kier alpha value is -1.76. The normalized spacial score (nSPS) is 10.4. The number of nitrogens with one attached hydrogen (secondary N) is 1. The molecular formula is C13H14BrFN4O. The molecule has 0 unspecified atom stereocenters. The van der Waals surface area contributed by atoms with Crippen molar-refractivity contribution in [3.8, 4) is 17.4 Å². The fourth-order valence-electron chi connectivity index (χ4n) is 1.58. The minimum atomic E-state index is -0.413. The average molecular weight is 341 g/mol. The molecule has 0 aliphatic heterocycles. The molecule has 0 atom stereocenters. The van der Waals surface area contributed by atoms with E-state index >= 15 is 0 Å². The predicted molar refractivity (Wildman–Crippen MR) is 78.3 cm³/mol. The van der Waals surface area contributed by atoms with Gasteiger partial charge in [-0.3, -0.25) is 0 Å². The van der Waals surface area contributed by atoms with Crippen LogP contribution < -0.4 is 10.1 Å². The van der Waals surface area contributed by atoms with Crippen molar-refractivity contribution in [3.63, 3.8) is 0 Å². The molecule has 2 rings (SSSR count). The summed E-state index contributed by atoms with van der Waals surface area (Å²) in [5.74, 6) is 0.183. The maximum atomic E-state index is 14.1. The zero-order valence-electron chi connectivity index (χ0n) is 11.2. The molecule has 0 amide bonds. The third kappa shape index (κ3) is 3.22. The monoisotopic (exact) mass is 340 g/mol. The maximum Gasteiger partial charge on any atom is 0.321 e. The Morgan fingerprint density at radius 1 is 1.25 bits per heavy atom. The van der Waals surface area contributed by atoms with E-state index in [9.17, 15) is 4.39 Å². The number of ether oxygens (including phenoxy) is 1. The van der Waals surface area contributed by atoms with Gasteiger partial charge in [0, 0.05) is 6.54 Å². The van der Waals surface area contributed by atoms with E-state index < -0.39 is 5.82 Å². The Kier molecular flexibility index (Phi) is 4.84. The quantitative estimate of drug-likeness (QED) is 0.905. The molecule has 5 nitrogen and oxygen atoms in total. The minimum Gasteiger partial charge on any atom is -0.464 e. The number of hydrogen-bond acceptors (Lipinski definition) is 5. The van der Waals surface area contributed by atoms with Gasteiger partial charge in [-0.25, -0.2) is 4.39 Å². The summed E-state index contributed by atoms with van der Waals surface area (Å²) >= 11 is 3.15. The van der Waals surface area contributed by atoms with Crippen LogP contribution in [0, 0.1) is 5.82 Å². The van der Waals surface area contributed by atoms with Gasteiger partial charge >= 0.3 is 6.01 Å². The van der Waals surface area contributed by atoms with Crippen molar-refractivity contribution in [3.05, 3.63) is 28.5 Å². The van der Waals surface area contributed by atoms with Crippen LogP contribution in [0.2, 0.25) is 0 Å². The van der Waals surface area contributed by atoms with E-state index in [1.807, 2.05) is 13.8 Å². The topological polar surface area (TPSA) is 59.9 Å². The summed E-state index contributed by atoms with van der Waals surface area (Å²) in [6, 6.07) is 5.13. The summed E-state index contributed by atoms with van der Waals surface area (Å²) in [6.07, 6.45) is 0. The van der Waals surface area contributed by atoms with Crippen molar-refractivity contribution in [1.82, 2.24) is 15.0 Å². The summed E-state index contributed by atoms with van der Waals surface area (Å²) < 4.78 is 19.8. The molecule has 1 heterocycles. The molecule has 1 aromatic heterocycles. The number of aromatic nitrogens is 3. The first-order valence-corrected chi connectivity index (χ1v) is 7.02. The summed E-state index contributed by atoms with van der Waals surface area (Å²) in [4.78, 5) is 12.4. The first-order valence-electron chi connectivity index (χ1n) is 6.22. The Morgan fingerprint density at radius 2 is 2.05 bits per heavy atom. The Bertz CT molecular complexity index is 585. The SMILES string of the molecule is CCNc1nc(OCC)nc(-c2cccc(Br)c2F)n1. The van der Waals surface area contributed by atoms with E-state index in [2.05, 4.69) is 36.2 Å². The third-order valence-corrected chi connectivity index (χ3v) is 3.03. The van der Waals surface area contributed by atoms with E-state index in [-0.39, 0.29) is 11.8 Å². The maximum absolute atomic E-state index is 14.1. The second-order valence-corrected chi connectivity index (χ2v) is 4.68. The van der Waals surface area contributed by atoms with Crippen LogP contribution in [0.5, 0.6) is 6.01 Å². The van der Waals surface area contributed by atoms with Crippen LogP contribution in [0.25, 0.3) is 11.4 Å². The molecule has 0 spiro atoms. The molecular weight excluding hydrogens is 327 g/mol. The summed E-state index contributed by atoms with van der Waals surface area (Å²) in [5.41, 5.74) is 0.293. The lowest BCUT2D eigenvalue weighted by Crippen LogP contribution is -2.08. The predicted octanol–water partition coefficient (Wildman–Crippen LogP) is 3.27. The number of halogens is 2. The van der Waals surface area contributed by atoms with E-state index in [1.54, 1.807) is 18.2 Å². The van der Waals surface area contributed by atoms with Gasteiger partial charge < -0.3 is 10.1 Å². The summed E-state index contributed by atoms with van der Waals surface area (Å²) in [5, 5.41) is 2.97. The lowest BCUT2D eigenvalue weighted by atomic mass is 10.2. The molecule has 7 heteroatoms. The van der Waals surface area contributed by atoms with Crippen LogP contribution in [0.15, 0.2) is 22.7 Å². The van der Waals surface area contributed by atoms with Crippen molar-refractivity contribution in [2.24, 2.45) is 0 Å². The zero-order chi connectivity index (χ0) is 14.5. The fourth-order valence-corrected chi connectivity index (χ4v) is 1.95. The highest BCUT2D eigenvalue weighted by Gasteiger charge is 2.14. The molecule has 106 valence electrons. The molecule has 1 aromatic carbocycles. The molecule has 2 aromatic rings. The Morgan fingerprint density at radius 3 is 2.75 bits per heavy atom. The number of anilines is 1. The number of hydrogen-bond donors (Lipinski definition) is 1. The molecule has 0 aliphatic rings. The fraction of sp³-hybridized carbons (Fsp3) is 0.308. The number of nitrogens with zero attached hydrogens (tertiary/aromatic N) is 3. The van der Waals surface area contributed by atoms with Gasteiger partial charge in [0.05, 0.1) is 16.6 Å². The zero-order valence-corrected chi connectivity index (χ0v) is 12.7. The van der Waals surface area contributed by atoms with Gasteiger partial charge in [0.1, 0.15) is 5.82 Å². The smallest absolute Gasteiger partial charge is 0.321 e. The lowest BCUT2D eigenvalue weighted by Gasteiger charge is -2.09. The lowest BCUT2D eigenvalue weighted by molar-refractivity contribution is 0.312. The van der Waals surface area contributed by atoms with Crippen LogP contribution in [-0.4, -0.2) is 28.1 Å². The molecule has 0 saturated heterocycles. The third-order valence-electron chi connectivity index (χ3n) is 2.42. The summed E-state index contributed by atoms with van der Waals surface area (Å²) in [7, 11) is 0. The van der Waals surface area contributed by atoms with Crippen molar-refractivity contribution in [1.29, 1.82) is 0 Å². The number of benzene rings is 1. The molecule has 0 bridgehead atoms. The average Bonchev–Trinajstić information content (AvgIpc) is 2.42. The molecule has 0 radical (unpaired) electrons. The van der Waals surface area contributed by atoms with Crippen molar-refractivity contribution < 1.29 is 9.13 Å². The van der Waals surface area contributed by atoms with E-state index in [4.69, 9.17) is 4.74 Å². The largest absolute Gasteiger partial charge is 0.464 e. The van der Waals surface area contributed by atoms with Gasteiger partial charge in [-0.1, -0.05) is 6.07 Å². The first kappa shape index (κ1) is 14.6. The molecule has 0 aliphatic carbocycles. The Balaban J connectivity index is 2.51. The Labute approximate surface area is 124 Å². The standard InChI is InChI=1S/C13H14BrFN4O/c1-3-16-12-17-11(18-13(19-12)20-4-2)8-6-5-7-9(14)10(8)15/h5-7H,3-4H2,1-2H3,(H,16,17,18,19). The van der Waals surface area contributed by atoms with Gasteiger partial charge in [0.25, 0.3) is 0 Å². The molecule has 0 fully saturated rings. The minimum absolute atomic E-state index is 0.174. The van der Waals surface area contributed by atoms with Crippen molar-refractivity contribution in [2.45, 2.75) is 13.8 Å². The van der Waals surface area contributed by atoms with Crippen molar-refractivity contribution >= 4 is 21.9 Å². The van der Waals surface area contributed by atoms with Gasteiger partial charge in [0.2, 0.25) is 5.95 Å². The van der Waals surface area contributed by atoms with E-state index in [0.717, 1.165) is 0 Å². The van der Waals surface area contributed by atoms with Gasteiger partial charge in [-0.15, -0.1) is 0 Å². The highest BCUT2D eigenvalue weighted by atomic mass is 79.9. The van der Waals surface area contributed by atoms with Gasteiger partial charge in [-0.2, -0.15) is 15.0 Å². The first-order chi connectivity index (χ1) is 9.65. The van der Waals surface area contributed by atoms with Crippen molar-refractivity contribution in [2.75, 3.05) is 18.5 Å². The number of rotatable bonds is 5. The second-order valence-electron chi connectivity index (χ2n) is 3.83. The second kappa shape index (κ2) is 6.60. The highest BCUT2D eigenvalue weighted by molar-refractivity contribution is 9.10. The molecule has 20 heavy (non-hydrogen) atoms.